The van der Waals surface area contributed by atoms with Gasteiger partial charge < -0.3 is 4.57 Å². The van der Waals surface area contributed by atoms with Crippen molar-refractivity contribution in [3.8, 4) is 16.9 Å². The van der Waals surface area contributed by atoms with Gasteiger partial charge in [-0.2, -0.15) is 30.3 Å². The van der Waals surface area contributed by atoms with E-state index in [1.165, 1.54) is 12.3 Å². The van der Waals surface area contributed by atoms with Crippen LogP contribution in [-0.4, -0.2) is 23.0 Å². The first-order chi connectivity index (χ1) is 17.0. The van der Waals surface area contributed by atoms with Gasteiger partial charge in [0.1, 0.15) is 5.82 Å². The fraction of sp³-hybridized carbons (Fsp3) is 0.0345. The summed E-state index contributed by atoms with van der Waals surface area (Å²) in [7, 11) is -3.78. The Kier molecular flexibility index (Phi) is 6.33. The quantitative estimate of drug-likeness (QED) is 0.217. The van der Waals surface area contributed by atoms with E-state index in [0.29, 0.717) is 5.56 Å². The minimum atomic E-state index is -3.78. The standard InChI is InChI=1S/C29H19N3O2S.Pt/c1-20-12-15-28(31-19-20)32-26-10-3-2-9-24(26)25-14-13-22(18-27(25)32)21-7-6-8-23(17-21)35(33,34)29-11-4-5-16-30-29;/h2-16,19H,1H3;/q-2;+2. The SMILES string of the molecule is Cc1ccc(-n2c3[c-]c(-c4[c-]c(S(=O)(=O)c5ccccn5)ccc4)ccc3c3ccccc32)nc1.[Pt+2]. The van der Waals surface area contributed by atoms with Crippen molar-refractivity contribution in [1.82, 2.24) is 14.5 Å². The first-order valence-electron chi connectivity index (χ1n) is 11.1. The number of nitrogens with zero attached hydrogens (tertiary/aromatic N) is 3. The Morgan fingerprint density at radius 1 is 0.750 bits per heavy atom. The average Bonchev–Trinajstić information content (AvgIpc) is 3.23. The third kappa shape index (κ3) is 4.06. The molecule has 178 valence electrons. The van der Waals surface area contributed by atoms with Gasteiger partial charge in [-0.05, 0) is 52.6 Å². The van der Waals surface area contributed by atoms with Crippen molar-refractivity contribution in [3.05, 3.63) is 115 Å². The molecule has 0 aliphatic heterocycles. The second-order valence-electron chi connectivity index (χ2n) is 8.28. The summed E-state index contributed by atoms with van der Waals surface area (Å²) in [6, 6.07) is 32.7. The van der Waals surface area contributed by atoms with Crippen molar-refractivity contribution in [1.29, 1.82) is 0 Å². The molecule has 0 aliphatic carbocycles. The van der Waals surface area contributed by atoms with Gasteiger partial charge in [0.15, 0.2) is 5.03 Å². The molecule has 0 fully saturated rings. The second kappa shape index (κ2) is 9.45. The normalized spacial score (nSPS) is 11.5. The maximum atomic E-state index is 13.1. The van der Waals surface area contributed by atoms with E-state index in [2.05, 4.69) is 38.8 Å². The third-order valence-electron chi connectivity index (χ3n) is 5.97. The number of rotatable bonds is 4. The molecule has 0 bridgehead atoms. The van der Waals surface area contributed by atoms with E-state index in [9.17, 15) is 8.42 Å². The molecule has 7 heteroatoms. The first-order valence-corrected chi connectivity index (χ1v) is 12.6. The van der Waals surface area contributed by atoms with Gasteiger partial charge in [-0.1, -0.05) is 35.7 Å². The maximum absolute atomic E-state index is 13.1. The van der Waals surface area contributed by atoms with Crippen molar-refractivity contribution in [2.24, 2.45) is 0 Å². The zero-order valence-electron chi connectivity index (χ0n) is 19.1. The molecule has 3 aromatic heterocycles. The number of hydrogen-bond donors (Lipinski definition) is 0. The van der Waals surface area contributed by atoms with Crippen LogP contribution < -0.4 is 0 Å². The van der Waals surface area contributed by atoms with Crippen molar-refractivity contribution >= 4 is 31.6 Å². The zero-order valence-corrected chi connectivity index (χ0v) is 22.2. The van der Waals surface area contributed by atoms with Gasteiger partial charge in [0.2, 0.25) is 9.84 Å². The molecular weight excluding hydrogens is 649 g/mol. The summed E-state index contributed by atoms with van der Waals surface area (Å²) in [4.78, 5) is 8.74. The fourth-order valence-corrected chi connectivity index (χ4v) is 5.45. The average molecular weight is 669 g/mol. The van der Waals surface area contributed by atoms with E-state index in [1.807, 2.05) is 55.6 Å². The smallest absolute Gasteiger partial charge is 0.314 e. The largest absolute Gasteiger partial charge is 2.00 e. The first kappa shape index (κ1) is 24.1. The second-order valence-corrected chi connectivity index (χ2v) is 10.1. The predicted octanol–water partition coefficient (Wildman–Crippen LogP) is 5.98. The minimum absolute atomic E-state index is 0. The Hall–Kier alpha value is -3.60. The van der Waals surface area contributed by atoms with Crippen LogP contribution in [0.4, 0.5) is 0 Å². The summed E-state index contributed by atoms with van der Waals surface area (Å²) in [5.41, 5.74) is 4.36. The minimum Gasteiger partial charge on any atom is -0.314 e. The van der Waals surface area contributed by atoms with Gasteiger partial charge in [0.25, 0.3) is 0 Å². The molecule has 0 radical (unpaired) electrons. The molecule has 6 aromatic rings. The summed E-state index contributed by atoms with van der Waals surface area (Å²) in [6.07, 6.45) is 3.32. The molecule has 3 aromatic carbocycles. The van der Waals surface area contributed by atoms with Crippen LogP contribution in [0.2, 0.25) is 0 Å². The Morgan fingerprint density at radius 2 is 1.56 bits per heavy atom. The van der Waals surface area contributed by atoms with Gasteiger partial charge in [-0.25, -0.2) is 29.5 Å². The number of para-hydroxylation sites is 1. The Bertz CT molecular complexity index is 1810. The van der Waals surface area contributed by atoms with Crippen molar-refractivity contribution in [2.45, 2.75) is 16.8 Å². The number of sulfone groups is 1. The Balaban J connectivity index is 0.00000267. The number of pyridine rings is 2. The van der Waals surface area contributed by atoms with E-state index < -0.39 is 9.84 Å². The number of fused-ring (bicyclic) bond motifs is 3. The molecular formula is C29H19N3O2PtS. The van der Waals surface area contributed by atoms with E-state index >= 15 is 0 Å². The van der Waals surface area contributed by atoms with Gasteiger partial charge in [-0.15, -0.1) is 12.1 Å². The van der Waals surface area contributed by atoms with Crippen LogP contribution in [0.5, 0.6) is 0 Å². The molecule has 36 heavy (non-hydrogen) atoms. The van der Waals surface area contributed by atoms with Crippen LogP contribution in [0.25, 0.3) is 38.8 Å². The van der Waals surface area contributed by atoms with E-state index in [4.69, 9.17) is 0 Å². The summed E-state index contributed by atoms with van der Waals surface area (Å²) in [5, 5.41) is 2.14. The Labute approximate surface area is 223 Å². The van der Waals surface area contributed by atoms with Gasteiger partial charge in [0, 0.05) is 17.9 Å². The van der Waals surface area contributed by atoms with Crippen LogP contribution in [0.3, 0.4) is 0 Å². The zero-order chi connectivity index (χ0) is 24.0. The third-order valence-corrected chi connectivity index (χ3v) is 7.58. The number of aromatic nitrogens is 3. The van der Waals surface area contributed by atoms with Gasteiger partial charge in [0.05, 0.1) is 0 Å². The molecule has 3 heterocycles. The van der Waals surface area contributed by atoms with Crippen molar-refractivity contribution in [3.63, 3.8) is 0 Å². The number of benzene rings is 3. The molecule has 0 saturated carbocycles. The van der Waals surface area contributed by atoms with Gasteiger partial charge in [-0.3, -0.25) is 0 Å². The summed E-state index contributed by atoms with van der Waals surface area (Å²) < 4.78 is 28.3. The Morgan fingerprint density at radius 3 is 2.33 bits per heavy atom. The monoisotopic (exact) mass is 668 g/mol. The molecule has 5 nitrogen and oxygen atoms in total. The molecule has 0 saturated heterocycles. The predicted molar refractivity (Wildman–Crippen MR) is 136 cm³/mol. The molecule has 0 amide bonds. The van der Waals surface area contributed by atoms with Gasteiger partial charge >= 0.3 is 21.1 Å². The van der Waals surface area contributed by atoms with Crippen molar-refractivity contribution < 1.29 is 29.5 Å². The topological polar surface area (TPSA) is 64.8 Å². The molecule has 0 unspecified atom stereocenters. The van der Waals surface area contributed by atoms with Crippen LogP contribution in [-0.2, 0) is 30.9 Å². The summed E-state index contributed by atoms with van der Waals surface area (Å²) in [5.74, 6) is 0.797. The van der Waals surface area contributed by atoms with E-state index in [-0.39, 0.29) is 31.0 Å². The molecule has 0 N–H and O–H groups in total. The molecule has 0 spiro atoms. The van der Waals surface area contributed by atoms with Crippen LogP contribution in [0.15, 0.2) is 107 Å². The molecule has 0 atom stereocenters. The summed E-state index contributed by atoms with van der Waals surface area (Å²) in [6.45, 7) is 2.01. The van der Waals surface area contributed by atoms with E-state index in [1.54, 1.807) is 24.3 Å². The fourth-order valence-electron chi connectivity index (χ4n) is 4.26. The molecule has 0 aliphatic rings. The molecule has 6 rings (SSSR count). The van der Waals surface area contributed by atoms with E-state index in [0.717, 1.165) is 38.8 Å². The van der Waals surface area contributed by atoms with Crippen LogP contribution in [0, 0.1) is 19.1 Å². The van der Waals surface area contributed by atoms with Crippen molar-refractivity contribution in [2.75, 3.05) is 0 Å². The van der Waals surface area contributed by atoms with Crippen LogP contribution in [0.1, 0.15) is 5.56 Å². The summed E-state index contributed by atoms with van der Waals surface area (Å²) >= 11 is 0. The number of hydrogen-bond acceptors (Lipinski definition) is 4. The number of aryl methyl sites for hydroxylation is 1. The van der Waals surface area contributed by atoms with Crippen LogP contribution >= 0.6 is 0 Å². The maximum Gasteiger partial charge on any atom is 2.00 e.